The first-order valence-electron chi connectivity index (χ1n) is 11.9. The van der Waals surface area contributed by atoms with E-state index in [0.29, 0.717) is 0 Å². The van der Waals surface area contributed by atoms with Gasteiger partial charge in [0.1, 0.15) is 10.8 Å². The van der Waals surface area contributed by atoms with E-state index in [1.165, 1.54) is 33.0 Å². The summed E-state index contributed by atoms with van der Waals surface area (Å²) in [7, 11) is 4.10. The Bertz CT molecular complexity index is 1720. The molecule has 176 valence electrons. The van der Waals surface area contributed by atoms with E-state index in [4.69, 9.17) is 4.98 Å². The van der Waals surface area contributed by atoms with E-state index in [1.807, 2.05) is 38.6 Å². The van der Waals surface area contributed by atoms with Crippen LogP contribution in [0, 0.1) is 6.92 Å². The summed E-state index contributed by atoms with van der Waals surface area (Å²) in [6.45, 7) is 2.11. The normalized spacial score (nSPS) is 11.3. The third-order valence-electron chi connectivity index (χ3n) is 6.43. The van der Waals surface area contributed by atoms with Gasteiger partial charge in [0, 0.05) is 47.8 Å². The number of para-hydroxylation sites is 1. The lowest BCUT2D eigenvalue weighted by molar-refractivity contribution is 1.07. The molecule has 0 radical (unpaired) electrons. The Morgan fingerprint density at radius 2 is 1.50 bits per heavy atom. The summed E-state index contributed by atoms with van der Waals surface area (Å²) in [5.41, 5.74) is 7.02. The molecule has 0 aliphatic carbocycles. The van der Waals surface area contributed by atoms with Crippen LogP contribution in [0.2, 0.25) is 0 Å². The number of rotatable bonds is 5. The van der Waals surface area contributed by atoms with E-state index in [9.17, 15) is 0 Å². The zero-order valence-corrected chi connectivity index (χ0v) is 21.3. The van der Waals surface area contributed by atoms with Crippen LogP contribution in [0.4, 0.5) is 5.69 Å². The highest BCUT2D eigenvalue weighted by Crippen LogP contribution is 2.36. The molecule has 5 heteroatoms. The summed E-state index contributed by atoms with van der Waals surface area (Å²) >= 11 is 1.68. The fraction of sp³-hybridized carbons (Fsp3) is 0.0968. The highest BCUT2D eigenvalue weighted by molar-refractivity contribution is 7.99. The molecule has 0 amide bonds. The number of aryl methyl sites for hydroxylation is 1. The van der Waals surface area contributed by atoms with Gasteiger partial charge in [-0.25, -0.2) is 9.97 Å². The predicted octanol–water partition coefficient (Wildman–Crippen LogP) is 7.77. The molecule has 0 unspecified atom stereocenters. The Balaban J connectivity index is 1.45. The summed E-state index contributed by atoms with van der Waals surface area (Å²) in [5.74, 6) is 0.939. The van der Waals surface area contributed by atoms with E-state index < -0.39 is 0 Å². The van der Waals surface area contributed by atoms with Crippen molar-refractivity contribution in [3.05, 3.63) is 109 Å². The molecule has 0 bridgehead atoms. The first-order valence-corrected chi connectivity index (χ1v) is 12.8. The molecule has 0 fully saturated rings. The number of fused-ring (bicyclic) bond motifs is 3. The first kappa shape index (κ1) is 22.4. The topological polar surface area (TPSA) is 34.0 Å². The summed E-state index contributed by atoms with van der Waals surface area (Å²) in [4.78, 5) is 12.5. The van der Waals surface area contributed by atoms with Crippen LogP contribution in [0.1, 0.15) is 5.56 Å². The van der Waals surface area contributed by atoms with Gasteiger partial charge in [-0.05, 0) is 72.1 Å². The van der Waals surface area contributed by atoms with E-state index in [2.05, 4.69) is 100 Å². The number of hydrogen-bond donors (Lipinski definition) is 0. The van der Waals surface area contributed by atoms with Gasteiger partial charge < -0.3 is 4.90 Å². The van der Waals surface area contributed by atoms with Crippen molar-refractivity contribution in [3.63, 3.8) is 0 Å². The Morgan fingerprint density at radius 1 is 0.694 bits per heavy atom. The van der Waals surface area contributed by atoms with Crippen LogP contribution in [-0.4, -0.2) is 28.6 Å². The second-order valence-electron chi connectivity index (χ2n) is 9.15. The van der Waals surface area contributed by atoms with Crippen LogP contribution in [0.15, 0.2) is 113 Å². The number of anilines is 1. The van der Waals surface area contributed by atoms with Crippen LogP contribution in [0.5, 0.6) is 0 Å². The Hall–Kier alpha value is -4.09. The highest BCUT2D eigenvalue weighted by Gasteiger charge is 2.14. The SMILES string of the molecule is Cc1ccnc(-n2c3ccccc3c3ccc(-c4cccc(Sc5cc(N(C)C)ccn5)c4)cc32)c1. The minimum absolute atomic E-state index is 0.939. The standard InChI is InChI=1S/C31H26N4S/c1-21-13-15-32-30(17-21)35-28-10-5-4-9-26(28)27-12-11-23(19-29(27)35)22-7-6-8-25(18-22)36-31-20-24(34(2)3)14-16-33-31/h4-20H,1-3H3. The van der Waals surface area contributed by atoms with E-state index >= 15 is 0 Å². The molecule has 0 aliphatic heterocycles. The third-order valence-corrected chi connectivity index (χ3v) is 7.35. The molecule has 4 nitrogen and oxygen atoms in total. The maximum absolute atomic E-state index is 4.71. The van der Waals surface area contributed by atoms with Crippen molar-refractivity contribution in [3.8, 4) is 16.9 Å². The molecule has 0 atom stereocenters. The maximum Gasteiger partial charge on any atom is 0.137 e. The maximum atomic E-state index is 4.71. The first-order chi connectivity index (χ1) is 17.6. The third kappa shape index (κ3) is 4.12. The van der Waals surface area contributed by atoms with Crippen molar-refractivity contribution in [1.82, 2.24) is 14.5 Å². The Labute approximate surface area is 215 Å². The zero-order chi connectivity index (χ0) is 24.6. The van der Waals surface area contributed by atoms with Gasteiger partial charge >= 0.3 is 0 Å². The van der Waals surface area contributed by atoms with Crippen molar-refractivity contribution < 1.29 is 0 Å². The molecule has 0 aliphatic rings. The van der Waals surface area contributed by atoms with Gasteiger partial charge in [-0.2, -0.15) is 0 Å². The van der Waals surface area contributed by atoms with Gasteiger partial charge in [0.25, 0.3) is 0 Å². The van der Waals surface area contributed by atoms with Crippen LogP contribution in [0.25, 0.3) is 38.8 Å². The van der Waals surface area contributed by atoms with Crippen molar-refractivity contribution in [2.75, 3.05) is 19.0 Å². The van der Waals surface area contributed by atoms with Crippen LogP contribution < -0.4 is 4.90 Å². The smallest absolute Gasteiger partial charge is 0.137 e. The molecule has 0 saturated carbocycles. The van der Waals surface area contributed by atoms with Gasteiger partial charge in [0.2, 0.25) is 0 Å². The molecule has 3 aromatic heterocycles. The second kappa shape index (κ2) is 9.17. The van der Waals surface area contributed by atoms with Crippen molar-refractivity contribution >= 4 is 39.3 Å². The second-order valence-corrected chi connectivity index (χ2v) is 10.2. The average molecular weight is 487 g/mol. The van der Waals surface area contributed by atoms with Gasteiger partial charge in [0.15, 0.2) is 0 Å². The van der Waals surface area contributed by atoms with Crippen LogP contribution in [-0.2, 0) is 0 Å². The lowest BCUT2D eigenvalue weighted by Gasteiger charge is -2.13. The molecular weight excluding hydrogens is 460 g/mol. The molecular formula is C31H26N4S. The molecule has 3 aromatic carbocycles. The van der Waals surface area contributed by atoms with Crippen LogP contribution >= 0.6 is 11.8 Å². The molecule has 36 heavy (non-hydrogen) atoms. The highest BCUT2D eigenvalue weighted by atomic mass is 32.2. The molecule has 6 rings (SSSR count). The number of nitrogens with zero attached hydrogens (tertiary/aromatic N) is 4. The average Bonchev–Trinajstić information content (AvgIpc) is 3.23. The zero-order valence-electron chi connectivity index (χ0n) is 20.5. The molecule has 0 N–H and O–H groups in total. The van der Waals surface area contributed by atoms with Crippen molar-refractivity contribution in [2.24, 2.45) is 0 Å². The lowest BCUT2D eigenvalue weighted by atomic mass is 10.0. The van der Waals surface area contributed by atoms with Crippen molar-refractivity contribution in [1.29, 1.82) is 0 Å². The molecule has 0 saturated heterocycles. The largest absolute Gasteiger partial charge is 0.378 e. The van der Waals surface area contributed by atoms with E-state index in [0.717, 1.165) is 26.9 Å². The quantitative estimate of drug-likeness (QED) is 0.249. The van der Waals surface area contributed by atoms with Crippen molar-refractivity contribution in [2.45, 2.75) is 16.8 Å². The number of benzene rings is 3. The fourth-order valence-electron chi connectivity index (χ4n) is 4.63. The number of aromatic nitrogens is 3. The Kier molecular flexibility index (Phi) is 5.70. The van der Waals surface area contributed by atoms with E-state index in [-0.39, 0.29) is 0 Å². The summed E-state index contributed by atoms with van der Waals surface area (Å²) in [6, 6.07) is 32.3. The monoisotopic (exact) mass is 486 g/mol. The number of hydrogen-bond acceptors (Lipinski definition) is 4. The molecule has 3 heterocycles. The predicted molar refractivity (Wildman–Crippen MR) is 151 cm³/mol. The van der Waals surface area contributed by atoms with Gasteiger partial charge in [0.05, 0.1) is 11.0 Å². The minimum atomic E-state index is 0.939. The summed E-state index contributed by atoms with van der Waals surface area (Å²) in [5, 5.41) is 3.45. The molecule has 0 spiro atoms. The fourth-order valence-corrected chi connectivity index (χ4v) is 5.50. The van der Waals surface area contributed by atoms with E-state index in [1.54, 1.807) is 11.8 Å². The summed E-state index contributed by atoms with van der Waals surface area (Å²) < 4.78 is 2.27. The van der Waals surface area contributed by atoms with Crippen LogP contribution in [0.3, 0.4) is 0 Å². The minimum Gasteiger partial charge on any atom is -0.378 e. The summed E-state index contributed by atoms with van der Waals surface area (Å²) in [6.07, 6.45) is 3.75. The Morgan fingerprint density at radius 3 is 2.36 bits per heavy atom. The van der Waals surface area contributed by atoms with Gasteiger partial charge in [-0.3, -0.25) is 4.57 Å². The van der Waals surface area contributed by atoms with Gasteiger partial charge in [-0.1, -0.05) is 54.2 Å². The molecule has 6 aromatic rings. The van der Waals surface area contributed by atoms with Gasteiger partial charge in [-0.15, -0.1) is 0 Å². The number of pyridine rings is 2. The lowest BCUT2D eigenvalue weighted by Crippen LogP contribution is -2.08.